The number of carbonyl (C=O) groups excluding carboxylic acids is 1. The van der Waals surface area contributed by atoms with E-state index in [0.29, 0.717) is 19.5 Å². The summed E-state index contributed by atoms with van der Waals surface area (Å²) in [4.78, 5) is 18.7. The Kier molecular flexibility index (Phi) is 4.25. The first-order chi connectivity index (χ1) is 12.9. The van der Waals surface area contributed by atoms with E-state index >= 15 is 0 Å². The van der Waals surface area contributed by atoms with Gasteiger partial charge in [-0.05, 0) is 30.7 Å². The second-order valence-corrected chi connectivity index (χ2v) is 6.38. The molecule has 4 rings (SSSR count). The summed E-state index contributed by atoms with van der Waals surface area (Å²) in [6.45, 7) is 0.857. The molecule has 0 aliphatic carbocycles. The summed E-state index contributed by atoms with van der Waals surface area (Å²) >= 11 is 0. The van der Waals surface area contributed by atoms with Crippen molar-refractivity contribution in [3.8, 4) is 5.75 Å². The van der Waals surface area contributed by atoms with E-state index in [1.165, 1.54) is 18.2 Å². The molecule has 3 aromatic rings. The number of ether oxygens (including phenoxy) is 1. The lowest BCUT2D eigenvalue weighted by Gasteiger charge is -2.19. The summed E-state index contributed by atoms with van der Waals surface area (Å²) in [7, 11) is 0. The lowest BCUT2D eigenvalue weighted by molar-refractivity contribution is -0.274. The highest BCUT2D eigenvalue weighted by atomic mass is 19.4. The highest BCUT2D eigenvalue weighted by molar-refractivity contribution is 5.97. The molecule has 1 aliphatic rings. The van der Waals surface area contributed by atoms with Gasteiger partial charge in [0.25, 0.3) is 5.91 Å². The molecule has 1 aliphatic heterocycles. The minimum absolute atomic E-state index is 0.0250. The largest absolute Gasteiger partial charge is 0.573 e. The van der Waals surface area contributed by atoms with Crippen LogP contribution >= 0.6 is 0 Å². The molecule has 1 fully saturated rings. The number of rotatable bonds is 3. The van der Waals surface area contributed by atoms with E-state index in [1.54, 1.807) is 11.2 Å². The molecule has 27 heavy (non-hydrogen) atoms. The number of hydrogen-bond acceptors (Lipinski definition) is 3. The molecule has 2 aromatic carbocycles. The number of para-hydroxylation sites is 3. The van der Waals surface area contributed by atoms with Crippen LogP contribution in [0, 0.1) is 0 Å². The second kappa shape index (κ2) is 6.61. The van der Waals surface area contributed by atoms with Crippen LogP contribution in [-0.2, 0) is 0 Å². The van der Waals surface area contributed by atoms with E-state index in [4.69, 9.17) is 0 Å². The Morgan fingerprint density at radius 3 is 2.67 bits per heavy atom. The standard InChI is InChI=1S/C19H16F3N3O2/c20-19(21,22)27-17-8-4-1-5-14(17)18(26)24-10-9-13(11-24)25-12-23-15-6-2-3-7-16(15)25/h1-8,12-13H,9-11H2/t13-/m0/s1. The van der Waals surface area contributed by atoms with E-state index < -0.39 is 18.0 Å². The third-order valence-electron chi connectivity index (χ3n) is 4.67. The number of alkyl halides is 3. The van der Waals surface area contributed by atoms with Crippen LogP contribution < -0.4 is 4.74 Å². The molecule has 0 unspecified atom stereocenters. The van der Waals surface area contributed by atoms with E-state index in [9.17, 15) is 18.0 Å². The fraction of sp³-hybridized carbons (Fsp3) is 0.263. The van der Waals surface area contributed by atoms with Crippen LogP contribution in [-0.4, -0.2) is 39.8 Å². The summed E-state index contributed by atoms with van der Waals surface area (Å²) in [6.07, 6.45) is -2.40. The molecular formula is C19H16F3N3O2. The number of aromatic nitrogens is 2. The molecule has 5 nitrogen and oxygen atoms in total. The van der Waals surface area contributed by atoms with Crippen LogP contribution in [0.3, 0.4) is 0 Å². The average molecular weight is 375 g/mol. The SMILES string of the molecule is O=C(c1ccccc1OC(F)(F)F)N1CC[C@H](n2cnc3ccccc32)C1. The first-order valence-corrected chi connectivity index (χ1v) is 8.48. The number of nitrogens with zero attached hydrogens (tertiary/aromatic N) is 3. The fourth-order valence-electron chi connectivity index (χ4n) is 3.45. The van der Waals surface area contributed by atoms with Crippen molar-refractivity contribution in [2.75, 3.05) is 13.1 Å². The Morgan fingerprint density at radius 2 is 1.85 bits per heavy atom. The van der Waals surface area contributed by atoms with E-state index in [0.717, 1.165) is 17.1 Å². The zero-order valence-corrected chi connectivity index (χ0v) is 14.2. The number of amides is 1. The van der Waals surface area contributed by atoms with Crippen molar-refractivity contribution in [3.63, 3.8) is 0 Å². The molecule has 0 saturated carbocycles. The van der Waals surface area contributed by atoms with Gasteiger partial charge in [-0.3, -0.25) is 4.79 Å². The van der Waals surface area contributed by atoms with Gasteiger partial charge in [-0.25, -0.2) is 4.98 Å². The van der Waals surface area contributed by atoms with Gasteiger partial charge in [0.05, 0.1) is 29.0 Å². The Labute approximate surface area is 153 Å². The van der Waals surface area contributed by atoms with Gasteiger partial charge in [0.15, 0.2) is 0 Å². The molecule has 0 spiro atoms. The van der Waals surface area contributed by atoms with Gasteiger partial charge in [-0.15, -0.1) is 13.2 Å². The summed E-state index contributed by atoms with van der Waals surface area (Å²) in [6, 6.07) is 13.1. The average Bonchev–Trinajstić information content (AvgIpc) is 3.27. The lowest BCUT2D eigenvalue weighted by atomic mass is 10.2. The van der Waals surface area contributed by atoms with Crippen LogP contribution in [0.1, 0.15) is 22.8 Å². The van der Waals surface area contributed by atoms with Crippen molar-refractivity contribution in [1.29, 1.82) is 0 Å². The molecule has 0 radical (unpaired) electrons. The number of likely N-dealkylation sites (tertiary alicyclic amines) is 1. The quantitative estimate of drug-likeness (QED) is 0.695. The first-order valence-electron chi connectivity index (χ1n) is 8.48. The molecule has 0 bridgehead atoms. The van der Waals surface area contributed by atoms with Gasteiger partial charge in [0.1, 0.15) is 5.75 Å². The maximum atomic E-state index is 12.8. The minimum Gasteiger partial charge on any atom is -0.405 e. The van der Waals surface area contributed by atoms with Crippen molar-refractivity contribution in [2.24, 2.45) is 0 Å². The Hall–Kier alpha value is -3.03. The number of halogens is 3. The van der Waals surface area contributed by atoms with Crippen molar-refractivity contribution < 1.29 is 22.7 Å². The van der Waals surface area contributed by atoms with Crippen molar-refractivity contribution in [1.82, 2.24) is 14.5 Å². The maximum absolute atomic E-state index is 12.8. The summed E-state index contributed by atoms with van der Waals surface area (Å²) in [5.41, 5.74) is 1.75. The predicted molar refractivity (Wildman–Crippen MR) is 92.4 cm³/mol. The van der Waals surface area contributed by atoms with E-state index in [1.807, 2.05) is 28.8 Å². The van der Waals surface area contributed by atoms with Crippen LogP contribution in [0.2, 0.25) is 0 Å². The smallest absolute Gasteiger partial charge is 0.405 e. The molecular weight excluding hydrogens is 359 g/mol. The molecule has 0 N–H and O–H groups in total. The number of hydrogen-bond donors (Lipinski definition) is 0. The van der Waals surface area contributed by atoms with Crippen LogP contribution in [0.5, 0.6) is 5.75 Å². The highest BCUT2D eigenvalue weighted by Crippen LogP contribution is 2.30. The Morgan fingerprint density at radius 1 is 1.11 bits per heavy atom. The third-order valence-corrected chi connectivity index (χ3v) is 4.67. The molecule has 140 valence electrons. The van der Waals surface area contributed by atoms with E-state index in [2.05, 4.69) is 9.72 Å². The van der Waals surface area contributed by atoms with Crippen molar-refractivity contribution in [2.45, 2.75) is 18.8 Å². The third kappa shape index (κ3) is 3.47. The summed E-state index contributed by atoms with van der Waals surface area (Å²) in [5, 5.41) is 0. The monoisotopic (exact) mass is 375 g/mol. The lowest BCUT2D eigenvalue weighted by Crippen LogP contribution is -2.30. The molecule has 1 aromatic heterocycles. The van der Waals surface area contributed by atoms with Gasteiger partial charge in [-0.2, -0.15) is 0 Å². The van der Waals surface area contributed by atoms with Gasteiger partial charge in [-0.1, -0.05) is 24.3 Å². The topological polar surface area (TPSA) is 47.4 Å². The van der Waals surface area contributed by atoms with Gasteiger partial charge in [0.2, 0.25) is 0 Å². The second-order valence-electron chi connectivity index (χ2n) is 6.38. The number of benzene rings is 2. The molecule has 1 amide bonds. The van der Waals surface area contributed by atoms with Crippen LogP contribution in [0.15, 0.2) is 54.9 Å². The van der Waals surface area contributed by atoms with Gasteiger partial charge in [0, 0.05) is 13.1 Å². The Bertz CT molecular complexity index is 983. The van der Waals surface area contributed by atoms with Crippen LogP contribution in [0.25, 0.3) is 11.0 Å². The van der Waals surface area contributed by atoms with Gasteiger partial charge < -0.3 is 14.2 Å². The molecule has 2 heterocycles. The predicted octanol–water partition coefficient (Wildman–Crippen LogP) is 4.02. The number of imidazole rings is 1. The normalized spacial score (nSPS) is 17.4. The first kappa shape index (κ1) is 17.4. The maximum Gasteiger partial charge on any atom is 0.573 e. The minimum atomic E-state index is -4.85. The van der Waals surface area contributed by atoms with Crippen molar-refractivity contribution >= 4 is 16.9 Å². The molecule has 1 atom stereocenters. The van der Waals surface area contributed by atoms with Crippen molar-refractivity contribution in [3.05, 3.63) is 60.4 Å². The number of carbonyl (C=O) groups is 1. The number of fused-ring (bicyclic) bond motifs is 1. The fourth-order valence-corrected chi connectivity index (χ4v) is 3.45. The zero-order chi connectivity index (χ0) is 19.0. The Balaban J connectivity index is 1.55. The zero-order valence-electron chi connectivity index (χ0n) is 14.2. The van der Waals surface area contributed by atoms with Gasteiger partial charge >= 0.3 is 6.36 Å². The highest BCUT2D eigenvalue weighted by Gasteiger charge is 2.35. The molecule has 8 heteroatoms. The summed E-state index contributed by atoms with van der Waals surface area (Å²) < 4.78 is 43.8. The molecule has 1 saturated heterocycles. The van der Waals surface area contributed by atoms with E-state index in [-0.39, 0.29) is 11.6 Å². The van der Waals surface area contributed by atoms with Crippen LogP contribution in [0.4, 0.5) is 13.2 Å². The summed E-state index contributed by atoms with van der Waals surface area (Å²) in [5.74, 6) is -0.951.